The van der Waals surface area contributed by atoms with Crippen molar-refractivity contribution in [2.24, 2.45) is 5.73 Å². The summed E-state index contributed by atoms with van der Waals surface area (Å²) < 4.78 is 47.0. The lowest BCUT2D eigenvalue weighted by molar-refractivity contribution is 0.0709. The van der Waals surface area contributed by atoms with E-state index in [1.165, 1.54) is 24.3 Å². The summed E-state index contributed by atoms with van der Waals surface area (Å²) in [6.45, 7) is 1.12. The molecule has 1 aromatic rings. The molecule has 0 radical (unpaired) electrons. The molecule has 1 saturated heterocycles. The minimum Gasteiger partial charge on any atom is -0.337 e. The SMILES string of the molecule is Cl.NC1CCCN(C(=O)c2ccc(CS(=O)(=O)C(F)F)cc2)C1. The van der Waals surface area contributed by atoms with Gasteiger partial charge in [0.1, 0.15) is 0 Å². The second-order valence-corrected chi connectivity index (χ2v) is 7.39. The fourth-order valence-corrected chi connectivity index (χ4v) is 3.20. The van der Waals surface area contributed by atoms with Gasteiger partial charge in [-0.15, -0.1) is 12.4 Å². The first-order valence-corrected chi connectivity index (χ1v) is 8.64. The topological polar surface area (TPSA) is 80.5 Å². The molecule has 130 valence electrons. The van der Waals surface area contributed by atoms with Crippen molar-refractivity contribution in [2.75, 3.05) is 13.1 Å². The van der Waals surface area contributed by atoms with Crippen LogP contribution in [0.3, 0.4) is 0 Å². The molecule has 1 unspecified atom stereocenters. The minimum absolute atomic E-state index is 0. The van der Waals surface area contributed by atoms with Crippen molar-refractivity contribution in [1.29, 1.82) is 0 Å². The zero-order chi connectivity index (χ0) is 16.3. The monoisotopic (exact) mass is 368 g/mol. The average molecular weight is 369 g/mol. The van der Waals surface area contributed by atoms with E-state index in [0.29, 0.717) is 18.7 Å². The van der Waals surface area contributed by atoms with Gasteiger partial charge in [0.05, 0.1) is 5.75 Å². The van der Waals surface area contributed by atoms with Crippen LogP contribution < -0.4 is 5.73 Å². The first-order valence-electron chi connectivity index (χ1n) is 6.93. The van der Waals surface area contributed by atoms with Crippen LogP contribution in [0.15, 0.2) is 24.3 Å². The lowest BCUT2D eigenvalue weighted by Crippen LogP contribution is -2.45. The molecular weight excluding hydrogens is 350 g/mol. The summed E-state index contributed by atoms with van der Waals surface area (Å²) in [5.41, 5.74) is 6.46. The molecule has 9 heteroatoms. The number of halogens is 3. The number of likely N-dealkylation sites (tertiary alicyclic amines) is 1. The van der Waals surface area contributed by atoms with E-state index in [0.717, 1.165) is 12.8 Å². The predicted molar refractivity (Wildman–Crippen MR) is 85.4 cm³/mol. The highest BCUT2D eigenvalue weighted by Gasteiger charge is 2.25. The molecule has 0 spiro atoms. The molecule has 1 heterocycles. The van der Waals surface area contributed by atoms with Crippen molar-refractivity contribution in [3.63, 3.8) is 0 Å². The second-order valence-electron chi connectivity index (χ2n) is 5.42. The highest BCUT2D eigenvalue weighted by atomic mass is 35.5. The molecule has 0 aromatic heterocycles. The van der Waals surface area contributed by atoms with Gasteiger partial charge >= 0.3 is 5.76 Å². The maximum absolute atomic E-state index is 12.3. The molecule has 0 saturated carbocycles. The molecule has 2 rings (SSSR count). The number of piperidine rings is 1. The molecule has 1 aliphatic rings. The number of rotatable bonds is 4. The van der Waals surface area contributed by atoms with E-state index in [9.17, 15) is 22.0 Å². The van der Waals surface area contributed by atoms with Crippen LogP contribution >= 0.6 is 12.4 Å². The molecular formula is C14H19ClF2N2O3S. The van der Waals surface area contributed by atoms with Crippen molar-refractivity contribution in [2.45, 2.75) is 30.4 Å². The van der Waals surface area contributed by atoms with Crippen molar-refractivity contribution >= 4 is 28.2 Å². The van der Waals surface area contributed by atoms with Crippen LogP contribution in [0.25, 0.3) is 0 Å². The number of hydrogen-bond acceptors (Lipinski definition) is 4. The highest BCUT2D eigenvalue weighted by molar-refractivity contribution is 7.90. The lowest BCUT2D eigenvalue weighted by atomic mass is 10.0. The third-order valence-electron chi connectivity index (χ3n) is 3.59. The first kappa shape index (κ1) is 19.8. The Kier molecular flexibility index (Phi) is 6.91. The van der Waals surface area contributed by atoms with Gasteiger partial charge in [0, 0.05) is 24.7 Å². The maximum atomic E-state index is 12.3. The van der Waals surface area contributed by atoms with Crippen LogP contribution in [0.2, 0.25) is 0 Å². The quantitative estimate of drug-likeness (QED) is 0.878. The zero-order valence-corrected chi connectivity index (χ0v) is 14.0. The summed E-state index contributed by atoms with van der Waals surface area (Å²) in [5, 5.41) is 0. The smallest absolute Gasteiger partial charge is 0.337 e. The van der Waals surface area contributed by atoms with E-state index in [4.69, 9.17) is 5.73 Å². The number of carbonyl (C=O) groups is 1. The number of nitrogens with zero attached hydrogens (tertiary/aromatic N) is 1. The van der Waals surface area contributed by atoms with Crippen molar-refractivity contribution < 1.29 is 22.0 Å². The molecule has 1 aliphatic heterocycles. The van der Waals surface area contributed by atoms with Gasteiger partial charge in [-0.2, -0.15) is 8.78 Å². The Morgan fingerprint density at radius 3 is 2.43 bits per heavy atom. The van der Waals surface area contributed by atoms with E-state index < -0.39 is 21.3 Å². The van der Waals surface area contributed by atoms with Crippen LogP contribution in [0.1, 0.15) is 28.8 Å². The fourth-order valence-electron chi connectivity index (χ4n) is 2.42. The Morgan fingerprint density at radius 1 is 1.30 bits per heavy atom. The summed E-state index contributed by atoms with van der Waals surface area (Å²) in [6.07, 6.45) is 1.73. The van der Waals surface area contributed by atoms with Gasteiger partial charge in [0.15, 0.2) is 0 Å². The summed E-state index contributed by atoms with van der Waals surface area (Å²) in [6, 6.07) is 5.65. The predicted octanol–water partition coefficient (Wildman–Crippen LogP) is 1.81. The maximum Gasteiger partial charge on any atom is 0.337 e. The van der Waals surface area contributed by atoms with E-state index in [1.54, 1.807) is 4.90 Å². The van der Waals surface area contributed by atoms with E-state index >= 15 is 0 Å². The van der Waals surface area contributed by atoms with Crippen LogP contribution in [0, 0.1) is 0 Å². The molecule has 1 aromatic carbocycles. The van der Waals surface area contributed by atoms with Gasteiger partial charge in [-0.05, 0) is 30.5 Å². The van der Waals surface area contributed by atoms with Crippen LogP contribution in [0.5, 0.6) is 0 Å². The Labute approximate surface area is 140 Å². The molecule has 1 fully saturated rings. The molecule has 1 amide bonds. The van der Waals surface area contributed by atoms with Gasteiger partial charge < -0.3 is 10.6 Å². The standard InChI is InChI=1S/C14H18F2N2O3S.ClH/c15-14(16)22(20,21)9-10-3-5-11(6-4-10)13(19)18-7-1-2-12(17)8-18;/h3-6,12,14H,1-2,7-9,17H2;1H. The number of sulfone groups is 1. The fraction of sp³-hybridized carbons (Fsp3) is 0.500. The van der Waals surface area contributed by atoms with Crippen molar-refractivity contribution in [1.82, 2.24) is 4.90 Å². The number of amides is 1. The van der Waals surface area contributed by atoms with Gasteiger partial charge in [-0.25, -0.2) is 8.42 Å². The average Bonchev–Trinajstić information content (AvgIpc) is 2.47. The number of carbonyl (C=O) groups excluding carboxylic acids is 1. The molecule has 0 aliphatic carbocycles. The third kappa shape index (κ3) is 5.12. The lowest BCUT2D eigenvalue weighted by Gasteiger charge is -2.30. The highest BCUT2D eigenvalue weighted by Crippen LogP contribution is 2.16. The summed E-state index contributed by atoms with van der Waals surface area (Å²) >= 11 is 0. The van der Waals surface area contributed by atoms with Crippen LogP contribution in [0.4, 0.5) is 8.78 Å². The molecule has 0 bridgehead atoms. The molecule has 1 atom stereocenters. The van der Waals surface area contributed by atoms with Gasteiger partial charge in [-0.3, -0.25) is 4.79 Å². The van der Waals surface area contributed by atoms with E-state index in [1.807, 2.05) is 0 Å². The Morgan fingerprint density at radius 2 is 1.91 bits per heavy atom. The van der Waals surface area contributed by atoms with Crippen LogP contribution in [-0.4, -0.2) is 44.1 Å². The van der Waals surface area contributed by atoms with Crippen LogP contribution in [-0.2, 0) is 15.6 Å². The molecule has 5 nitrogen and oxygen atoms in total. The minimum atomic E-state index is -4.46. The Bertz CT molecular complexity index is 638. The van der Waals surface area contributed by atoms with Gasteiger partial charge in [0.25, 0.3) is 5.91 Å². The number of nitrogens with two attached hydrogens (primary N) is 1. The largest absolute Gasteiger partial charge is 0.337 e. The van der Waals surface area contributed by atoms with Crippen molar-refractivity contribution in [3.8, 4) is 0 Å². The van der Waals surface area contributed by atoms with Crippen molar-refractivity contribution in [3.05, 3.63) is 35.4 Å². The summed E-state index contributed by atoms with van der Waals surface area (Å²) in [7, 11) is -4.46. The summed E-state index contributed by atoms with van der Waals surface area (Å²) in [4.78, 5) is 13.9. The number of alkyl halides is 2. The number of benzene rings is 1. The van der Waals surface area contributed by atoms with E-state index in [-0.39, 0.29) is 29.9 Å². The first-order chi connectivity index (χ1) is 10.3. The molecule has 23 heavy (non-hydrogen) atoms. The Balaban J connectivity index is 0.00000264. The summed E-state index contributed by atoms with van der Waals surface area (Å²) in [5.74, 6) is -4.32. The normalized spacial score (nSPS) is 18.6. The Hall–Kier alpha value is -1.25. The zero-order valence-electron chi connectivity index (χ0n) is 12.3. The molecule has 2 N–H and O–H groups in total. The van der Waals surface area contributed by atoms with Gasteiger partial charge in [0.2, 0.25) is 9.84 Å². The number of hydrogen-bond donors (Lipinski definition) is 1. The van der Waals surface area contributed by atoms with Gasteiger partial charge in [-0.1, -0.05) is 12.1 Å². The third-order valence-corrected chi connectivity index (χ3v) is 4.86. The van der Waals surface area contributed by atoms with E-state index in [2.05, 4.69) is 0 Å². The second kappa shape index (κ2) is 8.03.